The van der Waals surface area contributed by atoms with Crippen molar-refractivity contribution in [1.82, 2.24) is 15.2 Å². The highest BCUT2D eigenvalue weighted by atomic mass is 35.5. The number of rotatable bonds is 4. The van der Waals surface area contributed by atoms with Crippen LogP contribution < -0.4 is 10.1 Å². The van der Waals surface area contributed by atoms with Gasteiger partial charge < -0.3 is 10.1 Å². The SMILES string of the molecule is COc1cccc(-c2nc(Nc3ccc(Cl)cc3)n[nH]2)c1. The van der Waals surface area contributed by atoms with Crippen LogP contribution in [0.25, 0.3) is 11.4 Å². The van der Waals surface area contributed by atoms with E-state index in [-0.39, 0.29) is 0 Å². The van der Waals surface area contributed by atoms with Gasteiger partial charge in [0.1, 0.15) is 5.75 Å². The third kappa shape index (κ3) is 3.14. The minimum Gasteiger partial charge on any atom is -0.497 e. The molecule has 0 atom stereocenters. The molecule has 0 fully saturated rings. The molecule has 0 unspecified atom stereocenters. The van der Waals surface area contributed by atoms with Gasteiger partial charge in [0.25, 0.3) is 0 Å². The van der Waals surface area contributed by atoms with Crippen LogP contribution in [0.3, 0.4) is 0 Å². The Labute approximate surface area is 126 Å². The fourth-order valence-electron chi connectivity index (χ4n) is 1.88. The first kappa shape index (κ1) is 13.5. The summed E-state index contributed by atoms with van der Waals surface area (Å²) in [6.07, 6.45) is 0. The predicted molar refractivity (Wildman–Crippen MR) is 83.1 cm³/mol. The molecular formula is C15H13ClN4O. The number of nitrogens with zero attached hydrogens (tertiary/aromatic N) is 2. The molecule has 0 saturated carbocycles. The Hall–Kier alpha value is -2.53. The molecular weight excluding hydrogens is 288 g/mol. The molecule has 0 radical (unpaired) electrons. The summed E-state index contributed by atoms with van der Waals surface area (Å²) in [6.45, 7) is 0. The van der Waals surface area contributed by atoms with E-state index in [1.807, 2.05) is 36.4 Å². The molecule has 0 aliphatic rings. The van der Waals surface area contributed by atoms with Gasteiger partial charge in [-0.15, -0.1) is 5.10 Å². The summed E-state index contributed by atoms with van der Waals surface area (Å²) in [6, 6.07) is 15.0. The van der Waals surface area contributed by atoms with Crippen molar-refractivity contribution in [3.63, 3.8) is 0 Å². The zero-order valence-electron chi connectivity index (χ0n) is 11.3. The highest BCUT2D eigenvalue weighted by Crippen LogP contribution is 2.22. The van der Waals surface area contributed by atoms with Gasteiger partial charge in [0.05, 0.1) is 7.11 Å². The number of H-pyrrole nitrogens is 1. The van der Waals surface area contributed by atoms with Crippen LogP contribution in [0.2, 0.25) is 5.02 Å². The van der Waals surface area contributed by atoms with Crippen molar-refractivity contribution < 1.29 is 4.74 Å². The first-order valence-electron chi connectivity index (χ1n) is 6.34. The molecule has 106 valence electrons. The predicted octanol–water partition coefficient (Wildman–Crippen LogP) is 3.88. The van der Waals surface area contributed by atoms with Crippen molar-refractivity contribution in [2.45, 2.75) is 0 Å². The number of hydrogen-bond acceptors (Lipinski definition) is 4. The third-order valence-corrected chi connectivity index (χ3v) is 3.18. The maximum absolute atomic E-state index is 5.85. The number of anilines is 2. The monoisotopic (exact) mass is 300 g/mol. The fourth-order valence-corrected chi connectivity index (χ4v) is 2.01. The normalized spacial score (nSPS) is 10.4. The van der Waals surface area contributed by atoms with Crippen LogP contribution in [-0.4, -0.2) is 22.3 Å². The van der Waals surface area contributed by atoms with E-state index in [1.165, 1.54) is 0 Å². The number of benzene rings is 2. The molecule has 0 amide bonds. The molecule has 5 nitrogen and oxygen atoms in total. The first-order chi connectivity index (χ1) is 10.2. The topological polar surface area (TPSA) is 62.8 Å². The maximum Gasteiger partial charge on any atom is 0.246 e. The Bertz CT molecular complexity index is 739. The molecule has 0 bridgehead atoms. The molecule has 0 saturated heterocycles. The average molecular weight is 301 g/mol. The van der Waals surface area contributed by atoms with Crippen molar-refractivity contribution in [3.8, 4) is 17.1 Å². The summed E-state index contributed by atoms with van der Waals surface area (Å²) in [4.78, 5) is 4.41. The van der Waals surface area contributed by atoms with E-state index < -0.39 is 0 Å². The van der Waals surface area contributed by atoms with Gasteiger partial charge in [-0.25, -0.2) is 0 Å². The molecule has 0 aliphatic heterocycles. The van der Waals surface area contributed by atoms with Crippen molar-refractivity contribution in [2.75, 3.05) is 12.4 Å². The van der Waals surface area contributed by atoms with Crippen molar-refractivity contribution >= 4 is 23.2 Å². The maximum atomic E-state index is 5.85. The van der Waals surface area contributed by atoms with E-state index in [9.17, 15) is 0 Å². The Morgan fingerprint density at radius 1 is 1.14 bits per heavy atom. The number of aromatic nitrogens is 3. The first-order valence-corrected chi connectivity index (χ1v) is 6.72. The Morgan fingerprint density at radius 3 is 2.71 bits per heavy atom. The molecule has 6 heteroatoms. The fraction of sp³-hybridized carbons (Fsp3) is 0.0667. The van der Waals surface area contributed by atoms with Crippen molar-refractivity contribution in [3.05, 3.63) is 53.6 Å². The Morgan fingerprint density at radius 2 is 1.95 bits per heavy atom. The number of methoxy groups -OCH3 is 1. The molecule has 1 heterocycles. The van der Waals surface area contributed by atoms with E-state index in [0.29, 0.717) is 16.8 Å². The molecule has 3 rings (SSSR count). The summed E-state index contributed by atoms with van der Waals surface area (Å²) >= 11 is 5.85. The van der Waals surface area contributed by atoms with E-state index in [0.717, 1.165) is 17.0 Å². The van der Waals surface area contributed by atoms with Crippen LogP contribution in [0.5, 0.6) is 5.75 Å². The lowest BCUT2D eigenvalue weighted by molar-refractivity contribution is 0.415. The van der Waals surface area contributed by atoms with Crippen LogP contribution >= 0.6 is 11.6 Å². The number of nitrogens with one attached hydrogen (secondary N) is 2. The molecule has 21 heavy (non-hydrogen) atoms. The largest absolute Gasteiger partial charge is 0.497 e. The highest BCUT2D eigenvalue weighted by Gasteiger charge is 2.06. The molecule has 0 spiro atoms. The second kappa shape index (κ2) is 5.85. The van der Waals surface area contributed by atoms with Gasteiger partial charge >= 0.3 is 0 Å². The van der Waals surface area contributed by atoms with Gasteiger partial charge in [0.15, 0.2) is 5.82 Å². The Balaban J connectivity index is 1.81. The van der Waals surface area contributed by atoms with Gasteiger partial charge in [-0.1, -0.05) is 23.7 Å². The standard InChI is InChI=1S/C15H13ClN4O/c1-21-13-4-2-3-10(9-13)14-18-15(20-19-14)17-12-7-5-11(16)6-8-12/h2-9H,1H3,(H2,17,18,19,20). The van der Waals surface area contributed by atoms with E-state index in [1.54, 1.807) is 19.2 Å². The van der Waals surface area contributed by atoms with Gasteiger partial charge in [-0.3, -0.25) is 5.10 Å². The van der Waals surface area contributed by atoms with Crippen LogP contribution in [0.4, 0.5) is 11.6 Å². The van der Waals surface area contributed by atoms with Crippen molar-refractivity contribution in [1.29, 1.82) is 0 Å². The second-order valence-electron chi connectivity index (χ2n) is 4.37. The van der Waals surface area contributed by atoms with Crippen LogP contribution in [0, 0.1) is 0 Å². The van der Waals surface area contributed by atoms with Gasteiger partial charge in [0, 0.05) is 16.3 Å². The number of halogens is 1. The minimum absolute atomic E-state index is 0.496. The molecule has 2 N–H and O–H groups in total. The summed E-state index contributed by atoms with van der Waals surface area (Å²) < 4.78 is 5.20. The lowest BCUT2D eigenvalue weighted by Crippen LogP contribution is -1.91. The number of aromatic amines is 1. The molecule has 3 aromatic rings. The molecule has 0 aliphatic carbocycles. The zero-order valence-corrected chi connectivity index (χ0v) is 12.1. The molecule has 2 aromatic carbocycles. The summed E-state index contributed by atoms with van der Waals surface area (Å²) in [7, 11) is 1.63. The zero-order chi connectivity index (χ0) is 14.7. The number of ether oxygens (including phenoxy) is 1. The van der Waals surface area contributed by atoms with Gasteiger partial charge in [0.2, 0.25) is 5.95 Å². The van der Waals surface area contributed by atoms with E-state index in [2.05, 4.69) is 20.5 Å². The lowest BCUT2D eigenvalue weighted by atomic mass is 10.2. The summed E-state index contributed by atoms with van der Waals surface area (Å²) in [5.41, 5.74) is 1.78. The highest BCUT2D eigenvalue weighted by molar-refractivity contribution is 6.30. The lowest BCUT2D eigenvalue weighted by Gasteiger charge is -2.01. The van der Waals surface area contributed by atoms with E-state index in [4.69, 9.17) is 16.3 Å². The Kier molecular flexibility index (Phi) is 3.75. The molecule has 1 aromatic heterocycles. The van der Waals surface area contributed by atoms with Gasteiger partial charge in [-0.2, -0.15) is 4.98 Å². The van der Waals surface area contributed by atoms with Crippen molar-refractivity contribution in [2.24, 2.45) is 0 Å². The van der Waals surface area contributed by atoms with E-state index >= 15 is 0 Å². The third-order valence-electron chi connectivity index (χ3n) is 2.93. The summed E-state index contributed by atoms with van der Waals surface area (Å²) in [5.74, 6) is 1.94. The number of hydrogen-bond donors (Lipinski definition) is 2. The summed E-state index contributed by atoms with van der Waals surface area (Å²) in [5, 5.41) is 10.8. The van der Waals surface area contributed by atoms with Crippen LogP contribution in [0.15, 0.2) is 48.5 Å². The van der Waals surface area contributed by atoms with Crippen LogP contribution in [-0.2, 0) is 0 Å². The quantitative estimate of drug-likeness (QED) is 0.767. The smallest absolute Gasteiger partial charge is 0.246 e. The average Bonchev–Trinajstić information content (AvgIpc) is 2.98. The van der Waals surface area contributed by atoms with Gasteiger partial charge in [-0.05, 0) is 36.4 Å². The van der Waals surface area contributed by atoms with Crippen LogP contribution in [0.1, 0.15) is 0 Å². The minimum atomic E-state index is 0.496. The second-order valence-corrected chi connectivity index (χ2v) is 4.81.